The molecule has 6 heteroatoms. The molecule has 23 heavy (non-hydrogen) atoms. The van der Waals surface area contributed by atoms with Crippen molar-refractivity contribution < 1.29 is 0 Å². The molecule has 0 fully saturated rings. The monoisotopic (exact) mass is 323 g/mol. The first-order valence-corrected chi connectivity index (χ1v) is 7.77. The minimum absolute atomic E-state index is 0.664. The molecule has 2 aromatic carbocycles. The second-order valence-corrected chi connectivity index (χ2v) is 5.61. The molecule has 0 unspecified atom stereocenters. The Morgan fingerprint density at radius 1 is 1.13 bits per heavy atom. The fourth-order valence-electron chi connectivity index (χ4n) is 2.76. The second-order valence-electron chi connectivity index (χ2n) is 5.17. The average Bonchev–Trinajstić information content (AvgIpc) is 3.07. The molecule has 0 amide bonds. The Kier molecular flexibility index (Phi) is 3.35. The van der Waals surface area contributed by atoms with E-state index in [9.17, 15) is 0 Å². The van der Waals surface area contributed by atoms with E-state index in [2.05, 4.69) is 34.2 Å². The van der Waals surface area contributed by atoms with Crippen molar-refractivity contribution in [2.24, 2.45) is 0 Å². The summed E-state index contributed by atoms with van der Waals surface area (Å²) in [5.74, 6) is 0.783. The van der Waals surface area contributed by atoms with E-state index < -0.39 is 0 Å². The Morgan fingerprint density at radius 3 is 2.74 bits per heavy atom. The van der Waals surface area contributed by atoms with Crippen LogP contribution < -0.4 is 4.90 Å². The van der Waals surface area contributed by atoms with E-state index in [4.69, 9.17) is 16.6 Å². The Morgan fingerprint density at radius 2 is 1.96 bits per heavy atom. The smallest absolute Gasteiger partial charge is 0.204 e. The van der Waals surface area contributed by atoms with E-state index >= 15 is 0 Å². The molecule has 0 aliphatic carbocycles. The maximum atomic E-state index is 6.12. The lowest BCUT2D eigenvalue weighted by Crippen LogP contribution is -2.18. The number of hydrogen-bond acceptors (Lipinski definition) is 4. The maximum Gasteiger partial charge on any atom is 0.204 e. The SMILES string of the molecule is CCN(c1ccccc1)c1nc2ccc(Cl)cc2n2cnnc12. The van der Waals surface area contributed by atoms with Crippen LogP contribution in [-0.4, -0.2) is 26.1 Å². The van der Waals surface area contributed by atoms with E-state index in [1.165, 1.54) is 0 Å². The van der Waals surface area contributed by atoms with Crippen LogP contribution in [0.3, 0.4) is 0 Å². The van der Waals surface area contributed by atoms with Gasteiger partial charge in [-0.25, -0.2) is 4.98 Å². The van der Waals surface area contributed by atoms with E-state index in [-0.39, 0.29) is 0 Å². The largest absolute Gasteiger partial charge is 0.323 e. The topological polar surface area (TPSA) is 46.3 Å². The van der Waals surface area contributed by atoms with E-state index in [1.54, 1.807) is 6.33 Å². The zero-order valence-electron chi connectivity index (χ0n) is 12.5. The number of rotatable bonds is 3. The van der Waals surface area contributed by atoms with E-state index in [0.717, 1.165) is 29.1 Å². The van der Waals surface area contributed by atoms with Crippen LogP contribution in [0.5, 0.6) is 0 Å². The minimum atomic E-state index is 0.664. The molecule has 0 spiro atoms. The van der Waals surface area contributed by atoms with Crippen LogP contribution in [0.25, 0.3) is 16.7 Å². The fourth-order valence-corrected chi connectivity index (χ4v) is 2.92. The Balaban J connectivity index is 2.01. The highest BCUT2D eigenvalue weighted by atomic mass is 35.5. The molecule has 0 saturated heterocycles. The number of hydrogen-bond donors (Lipinski definition) is 0. The van der Waals surface area contributed by atoms with Crippen LogP contribution in [0.15, 0.2) is 54.9 Å². The molecule has 2 aromatic heterocycles. The number of anilines is 2. The first-order chi connectivity index (χ1) is 11.3. The van der Waals surface area contributed by atoms with Crippen LogP contribution in [-0.2, 0) is 0 Å². The predicted octanol–water partition coefficient (Wildman–Crippen LogP) is 4.09. The van der Waals surface area contributed by atoms with Crippen LogP contribution in [0.2, 0.25) is 5.02 Å². The van der Waals surface area contributed by atoms with Gasteiger partial charge in [0.1, 0.15) is 6.33 Å². The fraction of sp³-hybridized carbons (Fsp3) is 0.118. The lowest BCUT2D eigenvalue weighted by molar-refractivity contribution is 0.988. The number of fused-ring (bicyclic) bond motifs is 3. The lowest BCUT2D eigenvalue weighted by atomic mass is 10.2. The summed E-state index contributed by atoms with van der Waals surface area (Å²) in [7, 11) is 0. The van der Waals surface area contributed by atoms with Crippen molar-refractivity contribution in [2.75, 3.05) is 11.4 Å². The third-order valence-electron chi connectivity index (χ3n) is 3.81. The van der Waals surface area contributed by atoms with Crippen molar-refractivity contribution in [1.29, 1.82) is 0 Å². The van der Waals surface area contributed by atoms with Gasteiger partial charge in [0, 0.05) is 17.3 Å². The van der Waals surface area contributed by atoms with Crippen LogP contribution in [0.1, 0.15) is 6.92 Å². The van der Waals surface area contributed by atoms with Gasteiger partial charge in [0.2, 0.25) is 5.65 Å². The molecule has 0 atom stereocenters. The molecule has 0 saturated carbocycles. The van der Waals surface area contributed by atoms with E-state index in [1.807, 2.05) is 40.8 Å². The van der Waals surface area contributed by atoms with Crippen molar-refractivity contribution in [1.82, 2.24) is 19.6 Å². The summed E-state index contributed by atoms with van der Waals surface area (Å²) in [6.07, 6.45) is 1.69. The molecule has 4 aromatic rings. The van der Waals surface area contributed by atoms with Crippen molar-refractivity contribution in [3.63, 3.8) is 0 Å². The van der Waals surface area contributed by atoms with Gasteiger partial charge in [0.15, 0.2) is 5.82 Å². The second kappa shape index (κ2) is 5.52. The summed E-state index contributed by atoms with van der Waals surface area (Å²) in [5, 5.41) is 8.98. The van der Waals surface area contributed by atoms with Gasteiger partial charge in [-0.05, 0) is 37.3 Å². The molecule has 0 radical (unpaired) electrons. The number of benzene rings is 2. The third kappa shape index (κ3) is 2.29. The number of aromatic nitrogens is 4. The summed E-state index contributed by atoms with van der Waals surface area (Å²) >= 11 is 6.12. The first-order valence-electron chi connectivity index (χ1n) is 7.39. The molecule has 0 aliphatic heterocycles. The average molecular weight is 324 g/mol. The molecule has 2 heterocycles. The van der Waals surface area contributed by atoms with Gasteiger partial charge in [-0.15, -0.1) is 10.2 Å². The molecular formula is C17H14ClN5. The van der Waals surface area contributed by atoms with Gasteiger partial charge in [0.25, 0.3) is 0 Å². The van der Waals surface area contributed by atoms with Gasteiger partial charge < -0.3 is 4.90 Å². The highest BCUT2D eigenvalue weighted by Crippen LogP contribution is 2.29. The molecule has 0 N–H and O–H groups in total. The lowest BCUT2D eigenvalue weighted by Gasteiger charge is -2.22. The number of nitrogens with zero attached hydrogens (tertiary/aromatic N) is 5. The van der Waals surface area contributed by atoms with Gasteiger partial charge >= 0.3 is 0 Å². The van der Waals surface area contributed by atoms with Gasteiger partial charge in [0.05, 0.1) is 11.0 Å². The van der Waals surface area contributed by atoms with E-state index in [0.29, 0.717) is 10.7 Å². The highest BCUT2D eigenvalue weighted by molar-refractivity contribution is 6.31. The number of halogens is 1. The Hall–Kier alpha value is -2.66. The Bertz CT molecular complexity index is 980. The summed E-state index contributed by atoms with van der Waals surface area (Å²) in [4.78, 5) is 6.93. The molecule has 0 aliphatic rings. The molecule has 5 nitrogen and oxygen atoms in total. The maximum absolute atomic E-state index is 6.12. The number of para-hydroxylation sites is 1. The van der Waals surface area contributed by atoms with Gasteiger partial charge in [-0.2, -0.15) is 0 Å². The predicted molar refractivity (Wildman–Crippen MR) is 92.4 cm³/mol. The van der Waals surface area contributed by atoms with Crippen LogP contribution in [0.4, 0.5) is 11.5 Å². The van der Waals surface area contributed by atoms with Gasteiger partial charge in [-0.1, -0.05) is 29.8 Å². The zero-order chi connectivity index (χ0) is 15.8. The van der Waals surface area contributed by atoms with Crippen molar-refractivity contribution in [3.05, 3.63) is 59.9 Å². The summed E-state index contributed by atoms with van der Waals surface area (Å²) in [6, 6.07) is 15.8. The quantitative estimate of drug-likeness (QED) is 0.569. The summed E-state index contributed by atoms with van der Waals surface area (Å²) < 4.78 is 1.93. The van der Waals surface area contributed by atoms with Crippen molar-refractivity contribution in [3.8, 4) is 0 Å². The molecular weight excluding hydrogens is 310 g/mol. The highest BCUT2D eigenvalue weighted by Gasteiger charge is 2.17. The minimum Gasteiger partial charge on any atom is -0.323 e. The summed E-state index contributed by atoms with van der Waals surface area (Å²) in [5.41, 5.74) is 3.53. The first kappa shape index (κ1) is 14.0. The van der Waals surface area contributed by atoms with Crippen molar-refractivity contribution in [2.45, 2.75) is 6.92 Å². The van der Waals surface area contributed by atoms with Gasteiger partial charge in [-0.3, -0.25) is 4.40 Å². The molecule has 114 valence electrons. The Labute approximate surface area is 138 Å². The molecule has 4 rings (SSSR count). The standard InChI is InChI=1S/C17H14ClN5/c1-2-22(13-6-4-3-5-7-13)16-17-21-19-11-23(17)15-10-12(18)8-9-14(15)20-16/h3-11H,2H2,1H3. The third-order valence-corrected chi connectivity index (χ3v) is 4.05. The van der Waals surface area contributed by atoms with Crippen molar-refractivity contribution >= 4 is 39.8 Å². The molecule has 0 bridgehead atoms. The van der Waals surface area contributed by atoms with Crippen LogP contribution in [0, 0.1) is 0 Å². The zero-order valence-corrected chi connectivity index (χ0v) is 13.3. The van der Waals surface area contributed by atoms with Crippen LogP contribution >= 0.6 is 11.6 Å². The summed E-state index contributed by atoms with van der Waals surface area (Å²) in [6.45, 7) is 2.87. The normalized spacial score (nSPS) is 11.2.